The number of amides is 1. The highest BCUT2D eigenvalue weighted by molar-refractivity contribution is 6.05. The lowest BCUT2D eigenvalue weighted by molar-refractivity contribution is -0.385. The molecule has 160 valence electrons. The Morgan fingerprint density at radius 1 is 1.00 bits per heavy atom. The van der Waals surface area contributed by atoms with Crippen LogP contribution in [-0.4, -0.2) is 17.9 Å². The van der Waals surface area contributed by atoms with E-state index in [9.17, 15) is 28.1 Å². The normalized spacial score (nSPS) is 11.0. The van der Waals surface area contributed by atoms with Crippen LogP contribution < -0.4 is 14.8 Å². The number of hydrogen-bond acceptors (Lipinski definition) is 5. The van der Waals surface area contributed by atoms with Crippen molar-refractivity contribution in [3.05, 3.63) is 88.0 Å². The van der Waals surface area contributed by atoms with Crippen molar-refractivity contribution < 1.29 is 32.4 Å². The number of halogens is 3. The third-order valence-electron chi connectivity index (χ3n) is 4.18. The number of para-hydroxylation sites is 2. The van der Waals surface area contributed by atoms with E-state index in [1.54, 1.807) is 24.3 Å². The van der Waals surface area contributed by atoms with Crippen LogP contribution >= 0.6 is 0 Å². The number of nitro benzene ring substituents is 1. The van der Waals surface area contributed by atoms with Gasteiger partial charge in [0.15, 0.2) is 0 Å². The van der Waals surface area contributed by atoms with Gasteiger partial charge in [-0.2, -0.15) is 13.2 Å². The van der Waals surface area contributed by atoms with Crippen molar-refractivity contribution in [2.75, 3.05) is 12.4 Å². The van der Waals surface area contributed by atoms with Gasteiger partial charge in [0.2, 0.25) is 5.75 Å². The second-order valence-corrected chi connectivity index (χ2v) is 6.22. The van der Waals surface area contributed by atoms with Crippen molar-refractivity contribution in [2.45, 2.75) is 6.18 Å². The van der Waals surface area contributed by atoms with Crippen molar-refractivity contribution in [3.8, 4) is 17.2 Å². The first kappa shape index (κ1) is 21.6. The SMILES string of the molecule is COc1ccccc1NC(=O)c1ccc(Oc2ccc(C(F)(F)F)cc2[N+](=O)[O-])cc1. The number of methoxy groups -OCH3 is 1. The molecule has 3 aromatic carbocycles. The molecule has 0 radical (unpaired) electrons. The van der Waals surface area contributed by atoms with Crippen LogP contribution in [0.1, 0.15) is 15.9 Å². The lowest BCUT2D eigenvalue weighted by Gasteiger charge is -2.11. The van der Waals surface area contributed by atoms with Gasteiger partial charge in [-0.1, -0.05) is 12.1 Å². The number of nitrogens with zero attached hydrogens (tertiary/aromatic N) is 1. The number of carbonyl (C=O) groups excluding carboxylic acids is 1. The maximum absolute atomic E-state index is 12.8. The fraction of sp³-hybridized carbons (Fsp3) is 0.0952. The molecule has 0 aliphatic carbocycles. The van der Waals surface area contributed by atoms with Gasteiger partial charge >= 0.3 is 11.9 Å². The second-order valence-electron chi connectivity index (χ2n) is 6.22. The van der Waals surface area contributed by atoms with Crippen LogP contribution in [0.2, 0.25) is 0 Å². The van der Waals surface area contributed by atoms with E-state index in [2.05, 4.69) is 5.32 Å². The topological polar surface area (TPSA) is 90.7 Å². The summed E-state index contributed by atoms with van der Waals surface area (Å²) in [6.45, 7) is 0. The number of benzene rings is 3. The Morgan fingerprint density at radius 2 is 1.68 bits per heavy atom. The molecule has 0 atom stereocenters. The standard InChI is InChI=1S/C21H15F3N2O5/c1-30-18-5-3-2-4-16(18)25-20(27)13-6-9-15(10-7-13)31-19-11-8-14(21(22,23)24)12-17(19)26(28)29/h2-12H,1H3,(H,25,27). The Hall–Kier alpha value is -4.08. The lowest BCUT2D eigenvalue weighted by Crippen LogP contribution is -2.12. The average Bonchev–Trinajstić information content (AvgIpc) is 2.74. The Kier molecular flexibility index (Phi) is 6.10. The predicted molar refractivity (Wildman–Crippen MR) is 106 cm³/mol. The molecular formula is C21H15F3N2O5. The molecule has 0 heterocycles. The zero-order chi connectivity index (χ0) is 22.6. The summed E-state index contributed by atoms with van der Waals surface area (Å²) in [6.07, 6.45) is -4.72. The van der Waals surface area contributed by atoms with Gasteiger partial charge in [-0.3, -0.25) is 14.9 Å². The van der Waals surface area contributed by atoms with E-state index in [-0.39, 0.29) is 17.1 Å². The highest BCUT2D eigenvalue weighted by Gasteiger charge is 2.33. The minimum atomic E-state index is -4.72. The van der Waals surface area contributed by atoms with Crippen LogP contribution in [0.15, 0.2) is 66.7 Å². The predicted octanol–water partition coefficient (Wildman–Crippen LogP) is 5.67. The molecule has 31 heavy (non-hydrogen) atoms. The van der Waals surface area contributed by atoms with Crippen molar-refractivity contribution in [1.29, 1.82) is 0 Å². The summed E-state index contributed by atoms with van der Waals surface area (Å²) in [7, 11) is 1.47. The van der Waals surface area contributed by atoms with Gasteiger partial charge in [-0.15, -0.1) is 0 Å². The summed E-state index contributed by atoms with van der Waals surface area (Å²) >= 11 is 0. The molecule has 0 saturated carbocycles. The lowest BCUT2D eigenvalue weighted by atomic mass is 10.1. The quantitative estimate of drug-likeness (QED) is 0.401. The first-order valence-corrected chi connectivity index (χ1v) is 8.77. The van der Waals surface area contributed by atoms with Gasteiger partial charge in [0.05, 0.1) is 23.3 Å². The van der Waals surface area contributed by atoms with Gasteiger partial charge in [0.1, 0.15) is 11.5 Å². The molecule has 0 aromatic heterocycles. The summed E-state index contributed by atoms with van der Waals surface area (Å²) in [5, 5.41) is 13.8. The summed E-state index contributed by atoms with van der Waals surface area (Å²) in [5.74, 6) is -0.206. The largest absolute Gasteiger partial charge is 0.495 e. The number of anilines is 1. The average molecular weight is 432 g/mol. The minimum absolute atomic E-state index is 0.108. The zero-order valence-electron chi connectivity index (χ0n) is 16.0. The molecule has 0 spiro atoms. The van der Waals surface area contributed by atoms with Crippen molar-refractivity contribution >= 4 is 17.3 Å². The monoisotopic (exact) mass is 432 g/mol. The van der Waals surface area contributed by atoms with Crippen LogP contribution in [0.25, 0.3) is 0 Å². The van der Waals surface area contributed by atoms with E-state index in [1.165, 1.54) is 31.4 Å². The number of hydrogen-bond donors (Lipinski definition) is 1. The Morgan fingerprint density at radius 3 is 2.29 bits per heavy atom. The third kappa shape index (κ3) is 5.10. The molecular weight excluding hydrogens is 417 g/mol. The Bertz CT molecular complexity index is 1110. The van der Waals surface area contributed by atoms with E-state index in [0.29, 0.717) is 23.6 Å². The molecule has 1 amide bonds. The first-order valence-electron chi connectivity index (χ1n) is 8.77. The Labute approximate surface area is 174 Å². The van der Waals surface area contributed by atoms with E-state index in [1.807, 2.05) is 0 Å². The van der Waals surface area contributed by atoms with E-state index in [4.69, 9.17) is 9.47 Å². The fourth-order valence-corrected chi connectivity index (χ4v) is 2.67. The molecule has 0 bridgehead atoms. The van der Waals surface area contributed by atoms with Gasteiger partial charge in [-0.05, 0) is 48.5 Å². The molecule has 10 heteroatoms. The number of rotatable bonds is 6. The summed E-state index contributed by atoms with van der Waals surface area (Å²) < 4.78 is 48.9. The maximum atomic E-state index is 12.8. The summed E-state index contributed by atoms with van der Waals surface area (Å²) in [4.78, 5) is 22.6. The Balaban J connectivity index is 1.78. The first-order chi connectivity index (χ1) is 14.7. The molecule has 0 unspecified atom stereocenters. The molecule has 0 saturated heterocycles. The van der Waals surface area contributed by atoms with Crippen LogP contribution in [-0.2, 0) is 6.18 Å². The van der Waals surface area contributed by atoms with Crippen LogP contribution in [0.4, 0.5) is 24.5 Å². The number of nitrogens with one attached hydrogen (secondary N) is 1. The molecule has 3 aromatic rings. The smallest absolute Gasteiger partial charge is 0.416 e. The molecule has 0 fully saturated rings. The van der Waals surface area contributed by atoms with Crippen molar-refractivity contribution in [1.82, 2.24) is 0 Å². The number of carbonyl (C=O) groups is 1. The van der Waals surface area contributed by atoms with E-state index >= 15 is 0 Å². The summed E-state index contributed by atoms with van der Waals surface area (Å²) in [6, 6.07) is 14.4. The highest BCUT2D eigenvalue weighted by Crippen LogP contribution is 2.37. The number of nitro groups is 1. The maximum Gasteiger partial charge on any atom is 0.416 e. The summed E-state index contributed by atoms with van der Waals surface area (Å²) in [5.41, 5.74) is -1.25. The molecule has 0 aliphatic heterocycles. The molecule has 1 N–H and O–H groups in total. The fourth-order valence-electron chi connectivity index (χ4n) is 2.67. The van der Waals surface area contributed by atoms with Crippen molar-refractivity contribution in [2.24, 2.45) is 0 Å². The van der Waals surface area contributed by atoms with Crippen LogP contribution in [0.5, 0.6) is 17.2 Å². The zero-order valence-corrected chi connectivity index (χ0v) is 16.0. The third-order valence-corrected chi connectivity index (χ3v) is 4.18. The minimum Gasteiger partial charge on any atom is -0.495 e. The molecule has 7 nitrogen and oxygen atoms in total. The number of ether oxygens (including phenoxy) is 2. The van der Waals surface area contributed by atoms with Gasteiger partial charge in [0, 0.05) is 11.6 Å². The van der Waals surface area contributed by atoms with Gasteiger partial charge in [-0.25, -0.2) is 0 Å². The molecule has 3 rings (SSSR count). The number of alkyl halides is 3. The second kappa shape index (κ2) is 8.74. The van der Waals surface area contributed by atoms with Crippen LogP contribution in [0.3, 0.4) is 0 Å². The molecule has 0 aliphatic rings. The van der Waals surface area contributed by atoms with E-state index in [0.717, 1.165) is 6.07 Å². The highest BCUT2D eigenvalue weighted by atomic mass is 19.4. The van der Waals surface area contributed by atoms with Crippen molar-refractivity contribution in [3.63, 3.8) is 0 Å². The van der Waals surface area contributed by atoms with Gasteiger partial charge < -0.3 is 14.8 Å². The van der Waals surface area contributed by atoms with E-state index < -0.39 is 28.3 Å². The van der Waals surface area contributed by atoms with Gasteiger partial charge in [0.25, 0.3) is 5.91 Å². The van der Waals surface area contributed by atoms with Crippen LogP contribution in [0, 0.1) is 10.1 Å².